The van der Waals surface area contributed by atoms with E-state index in [2.05, 4.69) is 9.97 Å². The van der Waals surface area contributed by atoms with E-state index in [0.29, 0.717) is 11.6 Å². The summed E-state index contributed by atoms with van der Waals surface area (Å²) in [7, 11) is 0. The molecule has 2 aromatic heterocycles. The quantitative estimate of drug-likeness (QED) is 0.846. The van der Waals surface area contributed by atoms with Crippen molar-refractivity contribution in [1.29, 1.82) is 0 Å². The summed E-state index contributed by atoms with van der Waals surface area (Å²) in [4.78, 5) is 31.0. The summed E-state index contributed by atoms with van der Waals surface area (Å²) in [6.07, 6.45) is 2.81. The van der Waals surface area contributed by atoms with Gasteiger partial charge in [-0.2, -0.15) is 0 Å². The van der Waals surface area contributed by atoms with E-state index in [-0.39, 0.29) is 21.8 Å². The highest BCUT2D eigenvalue weighted by Crippen LogP contribution is 2.40. The number of carboxylic acids is 1. The molecule has 2 heterocycles. The molecule has 2 aromatic rings. The molecule has 1 aliphatic rings. The summed E-state index contributed by atoms with van der Waals surface area (Å²) >= 11 is 5.26. The number of nitrogens with one attached hydrogen (secondary N) is 1. The van der Waals surface area contributed by atoms with Gasteiger partial charge >= 0.3 is 5.97 Å². The zero-order valence-electron chi connectivity index (χ0n) is 12.4. The van der Waals surface area contributed by atoms with Crippen LogP contribution in [0.1, 0.15) is 61.1 Å². The topological polar surface area (TPSA) is 88.0 Å². The second-order valence-corrected chi connectivity index (χ2v) is 6.15. The molecule has 0 spiro atoms. The minimum absolute atomic E-state index is 0.000188. The van der Waals surface area contributed by atoms with Crippen molar-refractivity contribution in [3.63, 3.8) is 0 Å². The normalized spacial score (nSPS) is 15.9. The molecule has 0 amide bonds. The fourth-order valence-corrected chi connectivity index (χ4v) is 2.97. The Hall–Kier alpha value is -2.02. The van der Waals surface area contributed by atoms with E-state index in [1.54, 1.807) is 4.57 Å². The minimum Gasteiger partial charge on any atom is -0.478 e. The van der Waals surface area contributed by atoms with Crippen molar-refractivity contribution in [3.05, 3.63) is 32.4 Å². The van der Waals surface area contributed by atoms with Crippen molar-refractivity contribution in [1.82, 2.24) is 14.5 Å². The van der Waals surface area contributed by atoms with Crippen LogP contribution in [0, 0.1) is 4.77 Å². The van der Waals surface area contributed by atoms with Crippen LogP contribution in [-0.4, -0.2) is 25.6 Å². The third-order valence-electron chi connectivity index (χ3n) is 4.17. The third-order valence-corrected chi connectivity index (χ3v) is 4.47. The number of aromatic amines is 1. The number of hydrogen-bond donors (Lipinski definition) is 2. The predicted molar refractivity (Wildman–Crippen MR) is 85.1 cm³/mol. The number of carbonyl (C=O) groups is 1. The van der Waals surface area contributed by atoms with Crippen LogP contribution in [0.2, 0.25) is 0 Å². The van der Waals surface area contributed by atoms with Crippen LogP contribution in [0.5, 0.6) is 0 Å². The zero-order chi connectivity index (χ0) is 16.0. The van der Waals surface area contributed by atoms with E-state index in [0.717, 1.165) is 25.0 Å². The van der Waals surface area contributed by atoms with Crippen LogP contribution in [0.3, 0.4) is 0 Å². The SMILES string of the molecule is CC[C@@H](C)n1c(=S)[nH]c(=O)c2c(C(=O)O)cc(C3CC3)nc21. The first-order valence-electron chi connectivity index (χ1n) is 7.36. The van der Waals surface area contributed by atoms with E-state index >= 15 is 0 Å². The Kier molecular flexibility index (Phi) is 3.60. The molecule has 1 aliphatic carbocycles. The summed E-state index contributed by atoms with van der Waals surface area (Å²) < 4.78 is 2.04. The van der Waals surface area contributed by atoms with Gasteiger partial charge in [0, 0.05) is 17.7 Å². The largest absolute Gasteiger partial charge is 0.478 e. The number of aromatic carboxylic acids is 1. The standard InChI is InChI=1S/C15H17N3O3S/c1-3-7(2)18-12-11(13(19)17-15(18)22)9(14(20)21)6-10(16-12)8-4-5-8/h6-8H,3-5H2,1-2H3,(H,20,21)(H,17,19,22)/t7-/m1/s1. The number of fused-ring (bicyclic) bond motifs is 1. The van der Waals surface area contributed by atoms with E-state index < -0.39 is 11.5 Å². The van der Waals surface area contributed by atoms with Crippen molar-refractivity contribution in [3.8, 4) is 0 Å². The monoisotopic (exact) mass is 319 g/mol. The molecule has 0 bridgehead atoms. The predicted octanol–water partition coefficient (Wildman–Crippen LogP) is 3.00. The molecule has 6 nitrogen and oxygen atoms in total. The minimum atomic E-state index is -1.12. The first kappa shape index (κ1) is 14.9. The van der Waals surface area contributed by atoms with E-state index in [1.807, 2.05) is 13.8 Å². The maximum Gasteiger partial charge on any atom is 0.336 e. The molecule has 0 aliphatic heterocycles. The van der Waals surface area contributed by atoms with Gasteiger partial charge in [0.25, 0.3) is 5.56 Å². The highest BCUT2D eigenvalue weighted by atomic mass is 32.1. The number of nitrogens with zero attached hydrogens (tertiary/aromatic N) is 2. The van der Waals surface area contributed by atoms with Gasteiger partial charge in [-0.05, 0) is 44.5 Å². The van der Waals surface area contributed by atoms with Crippen LogP contribution >= 0.6 is 12.2 Å². The molecule has 3 rings (SSSR count). The lowest BCUT2D eigenvalue weighted by atomic mass is 10.1. The van der Waals surface area contributed by atoms with E-state index in [9.17, 15) is 14.7 Å². The smallest absolute Gasteiger partial charge is 0.336 e. The molecule has 1 fully saturated rings. The molecule has 1 atom stereocenters. The van der Waals surface area contributed by atoms with Crippen LogP contribution in [-0.2, 0) is 0 Å². The summed E-state index contributed by atoms with van der Waals surface area (Å²) in [6.45, 7) is 3.98. The molecular weight excluding hydrogens is 302 g/mol. The van der Waals surface area contributed by atoms with Crippen molar-refractivity contribution >= 4 is 29.2 Å². The van der Waals surface area contributed by atoms with Crippen LogP contribution in [0.15, 0.2) is 10.9 Å². The van der Waals surface area contributed by atoms with Gasteiger partial charge in [-0.25, -0.2) is 9.78 Å². The number of rotatable bonds is 4. The van der Waals surface area contributed by atoms with Gasteiger partial charge < -0.3 is 5.11 Å². The maximum absolute atomic E-state index is 12.2. The van der Waals surface area contributed by atoms with Gasteiger partial charge in [0.1, 0.15) is 5.65 Å². The van der Waals surface area contributed by atoms with Crippen molar-refractivity contribution < 1.29 is 9.90 Å². The molecule has 7 heteroatoms. The molecule has 2 N–H and O–H groups in total. The Labute approximate surface area is 131 Å². The first-order chi connectivity index (χ1) is 10.4. The molecule has 0 saturated heterocycles. The molecule has 0 radical (unpaired) electrons. The Morgan fingerprint density at radius 2 is 2.27 bits per heavy atom. The van der Waals surface area contributed by atoms with Crippen molar-refractivity contribution in [2.75, 3.05) is 0 Å². The lowest BCUT2D eigenvalue weighted by Crippen LogP contribution is -2.21. The van der Waals surface area contributed by atoms with Crippen LogP contribution in [0.25, 0.3) is 11.0 Å². The first-order valence-corrected chi connectivity index (χ1v) is 7.77. The van der Waals surface area contributed by atoms with E-state index in [1.165, 1.54) is 6.07 Å². The van der Waals surface area contributed by atoms with Gasteiger partial charge in [-0.15, -0.1) is 0 Å². The summed E-state index contributed by atoms with van der Waals surface area (Å²) in [5, 5.41) is 9.58. The average Bonchev–Trinajstić information content (AvgIpc) is 3.30. The Balaban J connectivity index is 2.47. The average molecular weight is 319 g/mol. The highest BCUT2D eigenvalue weighted by molar-refractivity contribution is 7.71. The fraction of sp³-hybridized carbons (Fsp3) is 0.467. The van der Waals surface area contributed by atoms with Gasteiger partial charge in [0.2, 0.25) is 0 Å². The Morgan fingerprint density at radius 3 is 2.82 bits per heavy atom. The number of H-pyrrole nitrogens is 1. The summed E-state index contributed by atoms with van der Waals surface area (Å²) in [5.74, 6) is -0.826. The maximum atomic E-state index is 12.2. The van der Waals surface area contributed by atoms with Crippen LogP contribution in [0.4, 0.5) is 0 Å². The molecular formula is C15H17N3O3S. The van der Waals surface area contributed by atoms with Gasteiger partial charge in [0.15, 0.2) is 4.77 Å². The van der Waals surface area contributed by atoms with E-state index in [4.69, 9.17) is 12.2 Å². The highest BCUT2D eigenvalue weighted by Gasteiger charge is 2.28. The molecule has 0 aromatic carbocycles. The molecule has 22 heavy (non-hydrogen) atoms. The second-order valence-electron chi connectivity index (χ2n) is 5.76. The zero-order valence-corrected chi connectivity index (χ0v) is 13.2. The summed E-state index contributed by atoms with van der Waals surface area (Å²) in [6, 6.07) is 1.55. The number of hydrogen-bond acceptors (Lipinski definition) is 4. The second kappa shape index (κ2) is 5.31. The van der Waals surface area contributed by atoms with Crippen molar-refractivity contribution in [2.24, 2.45) is 0 Å². The lowest BCUT2D eigenvalue weighted by Gasteiger charge is -2.17. The fourth-order valence-electron chi connectivity index (χ4n) is 2.61. The van der Waals surface area contributed by atoms with Gasteiger partial charge in [-0.3, -0.25) is 14.3 Å². The molecule has 1 saturated carbocycles. The number of aromatic nitrogens is 3. The number of pyridine rings is 1. The molecule has 116 valence electrons. The summed E-state index contributed by atoms with van der Waals surface area (Å²) in [5.41, 5.74) is 0.624. The number of carboxylic acid groups (broad SMARTS) is 1. The van der Waals surface area contributed by atoms with Crippen LogP contribution < -0.4 is 5.56 Å². The molecule has 0 unspecified atom stereocenters. The lowest BCUT2D eigenvalue weighted by molar-refractivity contribution is 0.0698. The Bertz CT molecular complexity index is 880. The Morgan fingerprint density at radius 1 is 1.59 bits per heavy atom. The van der Waals surface area contributed by atoms with Gasteiger partial charge in [0.05, 0.1) is 10.9 Å². The third kappa shape index (κ3) is 2.35. The van der Waals surface area contributed by atoms with Gasteiger partial charge in [-0.1, -0.05) is 6.92 Å². The van der Waals surface area contributed by atoms with Crippen molar-refractivity contribution in [2.45, 2.75) is 45.1 Å².